The van der Waals surface area contributed by atoms with Gasteiger partial charge in [0, 0.05) is 22.9 Å². The maximum Gasteiger partial charge on any atom is 0.255 e. The van der Waals surface area contributed by atoms with Gasteiger partial charge in [-0.05, 0) is 36.4 Å². The third-order valence-electron chi connectivity index (χ3n) is 2.93. The molecule has 3 rings (SSSR count). The molecule has 0 atom stereocenters. The third-order valence-corrected chi connectivity index (χ3v) is 2.93. The Morgan fingerprint density at radius 1 is 1.05 bits per heavy atom. The van der Waals surface area contributed by atoms with Gasteiger partial charge in [0.05, 0.1) is 0 Å². The first kappa shape index (κ1) is 13.9. The zero-order valence-electron chi connectivity index (χ0n) is 11.1. The first-order valence-electron chi connectivity index (χ1n) is 6.26. The summed E-state index contributed by atoms with van der Waals surface area (Å²) in [5.41, 5.74) is 1.19. The number of amides is 1. The summed E-state index contributed by atoms with van der Waals surface area (Å²) in [7, 11) is 0. The van der Waals surface area contributed by atoms with Crippen LogP contribution in [0.1, 0.15) is 10.4 Å². The van der Waals surface area contributed by atoms with Gasteiger partial charge in [0.1, 0.15) is 0 Å². The van der Waals surface area contributed by atoms with Gasteiger partial charge in [0.2, 0.25) is 12.3 Å². The molecule has 2 aromatic carbocycles. The van der Waals surface area contributed by atoms with Crippen molar-refractivity contribution in [1.82, 2.24) is 10.2 Å². The van der Waals surface area contributed by atoms with Crippen LogP contribution in [0.5, 0.6) is 0 Å². The van der Waals surface area contributed by atoms with E-state index in [1.807, 2.05) is 0 Å². The number of benzene rings is 2. The number of nitrogens with one attached hydrogen (secondary N) is 1. The van der Waals surface area contributed by atoms with Crippen LogP contribution in [-0.2, 0) is 0 Å². The minimum Gasteiger partial charge on any atom is -0.423 e. The largest absolute Gasteiger partial charge is 0.423 e. The van der Waals surface area contributed by atoms with Crippen molar-refractivity contribution in [3.63, 3.8) is 0 Å². The van der Waals surface area contributed by atoms with Crippen molar-refractivity contribution >= 4 is 11.6 Å². The van der Waals surface area contributed by atoms with Gasteiger partial charge in [0.25, 0.3) is 5.91 Å². The molecule has 0 saturated heterocycles. The lowest BCUT2D eigenvalue weighted by Crippen LogP contribution is -2.12. The molecule has 5 nitrogen and oxygen atoms in total. The molecule has 110 valence electrons. The normalized spacial score (nSPS) is 10.5. The van der Waals surface area contributed by atoms with Gasteiger partial charge in [-0.1, -0.05) is 0 Å². The molecule has 22 heavy (non-hydrogen) atoms. The predicted octanol–water partition coefficient (Wildman–Crippen LogP) is 3.27. The summed E-state index contributed by atoms with van der Waals surface area (Å²) in [5, 5.41) is 9.80. The molecule has 0 saturated carbocycles. The maximum absolute atomic E-state index is 13.1. The number of halogens is 2. The maximum atomic E-state index is 13.1. The molecule has 1 N–H and O–H groups in total. The molecule has 0 aliphatic rings. The Morgan fingerprint density at radius 2 is 1.82 bits per heavy atom. The average Bonchev–Trinajstić information content (AvgIpc) is 3.05. The highest BCUT2D eigenvalue weighted by atomic mass is 19.2. The SMILES string of the molecule is O=C(Nc1ccc(F)c(F)c1)c1ccc(-c2nnco2)cc1. The highest BCUT2D eigenvalue weighted by molar-refractivity contribution is 6.04. The van der Waals surface area contributed by atoms with Crippen molar-refractivity contribution in [3.05, 3.63) is 66.1 Å². The summed E-state index contributed by atoms with van der Waals surface area (Å²) in [5.74, 6) is -2.10. The highest BCUT2D eigenvalue weighted by Gasteiger charge is 2.10. The molecule has 1 amide bonds. The first-order chi connectivity index (χ1) is 10.6. The van der Waals surface area contributed by atoms with Crippen molar-refractivity contribution in [2.75, 3.05) is 5.32 Å². The smallest absolute Gasteiger partial charge is 0.255 e. The van der Waals surface area contributed by atoms with E-state index in [0.717, 1.165) is 12.1 Å². The zero-order valence-corrected chi connectivity index (χ0v) is 11.1. The van der Waals surface area contributed by atoms with Crippen LogP contribution in [0.15, 0.2) is 53.3 Å². The van der Waals surface area contributed by atoms with Crippen molar-refractivity contribution in [2.45, 2.75) is 0 Å². The molecule has 0 bridgehead atoms. The van der Waals surface area contributed by atoms with Crippen LogP contribution in [0.25, 0.3) is 11.5 Å². The monoisotopic (exact) mass is 301 g/mol. The number of rotatable bonds is 3. The molecule has 0 aliphatic heterocycles. The molecule has 0 unspecified atom stereocenters. The quantitative estimate of drug-likeness (QED) is 0.806. The molecular formula is C15H9F2N3O2. The average molecular weight is 301 g/mol. The van der Waals surface area contributed by atoms with E-state index >= 15 is 0 Å². The molecular weight excluding hydrogens is 292 g/mol. The Bertz CT molecular complexity index is 802. The van der Waals surface area contributed by atoms with E-state index in [4.69, 9.17) is 4.42 Å². The fourth-order valence-electron chi connectivity index (χ4n) is 1.84. The Hall–Kier alpha value is -3.09. The Morgan fingerprint density at radius 3 is 2.45 bits per heavy atom. The van der Waals surface area contributed by atoms with Crippen molar-refractivity contribution in [2.24, 2.45) is 0 Å². The van der Waals surface area contributed by atoms with Crippen LogP contribution in [-0.4, -0.2) is 16.1 Å². The lowest BCUT2D eigenvalue weighted by molar-refractivity contribution is 0.102. The van der Waals surface area contributed by atoms with E-state index in [0.29, 0.717) is 17.0 Å². The van der Waals surface area contributed by atoms with Crippen LogP contribution in [0.4, 0.5) is 14.5 Å². The van der Waals surface area contributed by atoms with Gasteiger partial charge < -0.3 is 9.73 Å². The molecule has 0 fully saturated rings. The van der Waals surface area contributed by atoms with Gasteiger partial charge in [-0.25, -0.2) is 8.78 Å². The van der Waals surface area contributed by atoms with Crippen LogP contribution in [0.3, 0.4) is 0 Å². The van der Waals surface area contributed by atoms with E-state index in [-0.39, 0.29) is 5.69 Å². The van der Waals surface area contributed by atoms with Gasteiger partial charge in [-0.15, -0.1) is 10.2 Å². The molecule has 3 aromatic rings. The number of carbonyl (C=O) groups excluding carboxylic acids is 1. The Balaban J connectivity index is 1.76. The fourth-order valence-corrected chi connectivity index (χ4v) is 1.84. The number of hydrogen-bond acceptors (Lipinski definition) is 4. The number of aromatic nitrogens is 2. The summed E-state index contributed by atoms with van der Waals surface area (Å²) in [6.45, 7) is 0. The van der Waals surface area contributed by atoms with Gasteiger partial charge in [0.15, 0.2) is 11.6 Å². The summed E-state index contributed by atoms with van der Waals surface area (Å²) in [6.07, 6.45) is 1.21. The molecule has 0 radical (unpaired) electrons. The predicted molar refractivity (Wildman–Crippen MR) is 74.0 cm³/mol. The Labute approximate surface area is 123 Å². The van der Waals surface area contributed by atoms with Crippen molar-refractivity contribution in [1.29, 1.82) is 0 Å². The second-order valence-electron chi connectivity index (χ2n) is 4.40. The minimum atomic E-state index is -1.02. The van der Waals surface area contributed by atoms with E-state index in [2.05, 4.69) is 15.5 Å². The number of hydrogen-bond donors (Lipinski definition) is 1. The van der Waals surface area contributed by atoms with E-state index < -0.39 is 17.5 Å². The minimum absolute atomic E-state index is 0.171. The number of carbonyl (C=O) groups is 1. The van der Waals surface area contributed by atoms with Crippen LogP contribution in [0.2, 0.25) is 0 Å². The molecule has 1 heterocycles. The second kappa shape index (κ2) is 5.72. The number of anilines is 1. The Kier molecular flexibility index (Phi) is 3.61. The molecule has 0 spiro atoms. The lowest BCUT2D eigenvalue weighted by atomic mass is 10.1. The van der Waals surface area contributed by atoms with Crippen molar-refractivity contribution in [3.8, 4) is 11.5 Å². The second-order valence-corrected chi connectivity index (χ2v) is 4.40. The summed E-state index contributed by atoms with van der Waals surface area (Å²) >= 11 is 0. The van der Waals surface area contributed by atoms with E-state index in [1.165, 1.54) is 12.5 Å². The van der Waals surface area contributed by atoms with Gasteiger partial charge in [-0.2, -0.15) is 0 Å². The molecule has 7 heteroatoms. The summed E-state index contributed by atoms with van der Waals surface area (Å²) in [6, 6.07) is 9.57. The first-order valence-corrected chi connectivity index (χ1v) is 6.26. The van der Waals surface area contributed by atoms with E-state index in [1.54, 1.807) is 24.3 Å². The standard InChI is InChI=1S/C15H9F2N3O2/c16-12-6-5-11(7-13(12)17)19-14(21)9-1-3-10(4-2-9)15-20-18-8-22-15/h1-8H,(H,19,21). The van der Waals surface area contributed by atoms with Crippen LogP contribution >= 0.6 is 0 Å². The lowest BCUT2D eigenvalue weighted by Gasteiger charge is -2.06. The van der Waals surface area contributed by atoms with E-state index in [9.17, 15) is 13.6 Å². The highest BCUT2D eigenvalue weighted by Crippen LogP contribution is 2.18. The van der Waals surface area contributed by atoms with Crippen LogP contribution in [0, 0.1) is 11.6 Å². The van der Waals surface area contributed by atoms with Crippen molar-refractivity contribution < 1.29 is 18.0 Å². The fraction of sp³-hybridized carbons (Fsp3) is 0. The zero-order chi connectivity index (χ0) is 15.5. The molecule has 1 aromatic heterocycles. The third kappa shape index (κ3) is 2.83. The van der Waals surface area contributed by atoms with Gasteiger partial charge in [-0.3, -0.25) is 4.79 Å². The van der Waals surface area contributed by atoms with Gasteiger partial charge >= 0.3 is 0 Å². The van der Waals surface area contributed by atoms with Crippen LogP contribution < -0.4 is 5.32 Å². The summed E-state index contributed by atoms with van der Waals surface area (Å²) < 4.78 is 31.0. The summed E-state index contributed by atoms with van der Waals surface area (Å²) in [4.78, 5) is 12.0. The molecule has 0 aliphatic carbocycles. The number of nitrogens with zero attached hydrogens (tertiary/aromatic N) is 2. The topological polar surface area (TPSA) is 68.0 Å².